The first-order chi connectivity index (χ1) is 13.1. The topological polar surface area (TPSA) is 95.3 Å². The number of nitro groups is 1. The van der Waals surface area contributed by atoms with E-state index >= 15 is 0 Å². The van der Waals surface area contributed by atoms with Crippen molar-refractivity contribution in [3.05, 3.63) is 75.5 Å². The van der Waals surface area contributed by atoms with Crippen LogP contribution in [0.15, 0.2) is 53.7 Å². The molecular formula is C20H23N5O2. The zero-order chi connectivity index (χ0) is 19.2. The van der Waals surface area contributed by atoms with Crippen molar-refractivity contribution in [2.75, 3.05) is 13.6 Å². The highest BCUT2D eigenvalue weighted by atomic mass is 16.6. The number of aromatic nitrogens is 1. The summed E-state index contributed by atoms with van der Waals surface area (Å²) in [6.45, 7) is 3.38. The lowest BCUT2D eigenvalue weighted by Gasteiger charge is -2.11. The lowest BCUT2D eigenvalue weighted by Crippen LogP contribution is -2.37. The number of H-pyrrole nitrogens is 1. The molecule has 140 valence electrons. The van der Waals surface area contributed by atoms with Crippen LogP contribution < -0.4 is 10.6 Å². The van der Waals surface area contributed by atoms with E-state index in [2.05, 4.69) is 51.9 Å². The number of guanidine groups is 1. The molecule has 3 aromatic rings. The molecule has 27 heavy (non-hydrogen) atoms. The number of nitro benzene ring substituents is 1. The van der Waals surface area contributed by atoms with E-state index < -0.39 is 4.92 Å². The monoisotopic (exact) mass is 365 g/mol. The Morgan fingerprint density at radius 1 is 1.19 bits per heavy atom. The Labute approximate surface area is 157 Å². The van der Waals surface area contributed by atoms with Crippen molar-refractivity contribution in [1.82, 2.24) is 15.6 Å². The van der Waals surface area contributed by atoms with Crippen LogP contribution in [0.2, 0.25) is 0 Å². The van der Waals surface area contributed by atoms with Crippen molar-refractivity contribution in [3.8, 4) is 0 Å². The number of hydrogen-bond acceptors (Lipinski definition) is 3. The van der Waals surface area contributed by atoms with E-state index in [0.717, 1.165) is 24.0 Å². The minimum absolute atomic E-state index is 0.0928. The van der Waals surface area contributed by atoms with Gasteiger partial charge in [0, 0.05) is 49.4 Å². The summed E-state index contributed by atoms with van der Waals surface area (Å²) in [5, 5.41) is 18.5. The number of benzene rings is 2. The first kappa shape index (κ1) is 18.4. The zero-order valence-corrected chi connectivity index (χ0v) is 15.5. The third-order valence-electron chi connectivity index (χ3n) is 4.44. The molecule has 0 spiro atoms. The molecule has 2 aromatic carbocycles. The highest BCUT2D eigenvalue weighted by Gasteiger charge is 2.06. The maximum Gasteiger partial charge on any atom is 0.269 e. The maximum absolute atomic E-state index is 10.7. The Morgan fingerprint density at radius 3 is 2.67 bits per heavy atom. The summed E-state index contributed by atoms with van der Waals surface area (Å²) in [7, 11) is 1.72. The van der Waals surface area contributed by atoms with E-state index in [1.165, 1.54) is 28.6 Å². The van der Waals surface area contributed by atoms with Crippen LogP contribution >= 0.6 is 0 Å². The number of rotatable bonds is 6. The van der Waals surface area contributed by atoms with Gasteiger partial charge in [0.05, 0.1) is 4.92 Å². The van der Waals surface area contributed by atoms with E-state index in [1.54, 1.807) is 19.2 Å². The van der Waals surface area contributed by atoms with Crippen molar-refractivity contribution in [3.63, 3.8) is 0 Å². The van der Waals surface area contributed by atoms with Gasteiger partial charge in [0.1, 0.15) is 0 Å². The fraction of sp³-hybridized carbons (Fsp3) is 0.250. The van der Waals surface area contributed by atoms with Gasteiger partial charge in [-0.25, -0.2) is 0 Å². The molecule has 7 heteroatoms. The Morgan fingerprint density at radius 2 is 1.96 bits per heavy atom. The Hall–Kier alpha value is -3.35. The van der Waals surface area contributed by atoms with Crippen molar-refractivity contribution in [1.29, 1.82) is 0 Å². The van der Waals surface area contributed by atoms with Crippen molar-refractivity contribution in [2.45, 2.75) is 19.9 Å². The van der Waals surface area contributed by atoms with Gasteiger partial charge in [-0.3, -0.25) is 15.1 Å². The highest BCUT2D eigenvalue weighted by Crippen LogP contribution is 2.19. The molecule has 0 aliphatic rings. The Balaban J connectivity index is 1.51. The molecule has 1 heterocycles. The molecule has 0 saturated carbocycles. The lowest BCUT2D eigenvalue weighted by molar-refractivity contribution is -0.384. The largest absolute Gasteiger partial charge is 0.361 e. The summed E-state index contributed by atoms with van der Waals surface area (Å²) in [5.74, 6) is 0.698. The summed E-state index contributed by atoms with van der Waals surface area (Å²) in [5.41, 5.74) is 4.71. The van der Waals surface area contributed by atoms with Crippen LogP contribution in [0.3, 0.4) is 0 Å². The summed E-state index contributed by atoms with van der Waals surface area (Å²) >= 11 is 0. The van der Waals surface area contributed by atoms with Crippen LogP contribution in [0, 0.1) is 17.0 Å². The Kier molecular flexibility index (Phi) is 5.71. The maximum atomic E-state index is 10.7. The number of aliphatic imine (C=N–C) groups is 1. The van der Waals surface area contributed by atoms with Crippen molar-refractivity contribution < 1.29 is 4.92 Å². The zero-order valence-electron chi connectivity index (χ0n) is 15.5. The smallest absolute Gasteiger partial charge is 0.269 e. The minimum atomic E-state index is -0.399. The normalized spacial score (nSPS) is 11.6. The molecule has 0 unspecified atom stereocenters. The number of hydrogen-bond donors (Lipinski definition) is 3. The lowest BCUT2D eigenvalue weighted by atomic mass is 10.1. The van der Waals surface area contributed by atoms with Gasteiger partial charge in [-0.05, 0) is 36.1 Å². The van der Waals surface area contributed by atoms with Crippen LogP contribution in [-0.2, 0) is 13.0 Å². The second-order valence-corrected chi connectivity index (χ2v) is 6.39. The molecule has 3 rings (SSSR count). The van der Waals surface area contributed by atoms with Crippen molar-refractivity contribution >= 4 is 22.5 Å². The molecule has 1 aromatic heterocycles. The average molecular weight is 365 g/mol. The molecular weight excluding hydrogens is 342 g/mol. The molecule has 0 atom stereocenters. The van der Waals surface area contributed by atoms with Gasteiger partial charge in [0.15, 0.2) is 5.96 Å². The second-order valence-electron chi connectivity index (χ2n) is 6.39. The van der Waals surface area contributed by atoms with E-state index in [-0.39, 0.29) is 5.69 Å². The summed E-state index contributed by atoms with van der Waals surface area (Å²) < 4.78 is 0. The molecule has 0 bridgehead atoms. The summed E-state index contributed by atoms with van der Waals surface area (Å²) in [4.78, 5) is 17.8. The number of aromatic amines is 1. The molecule has 7 nitrogen and oxygen atoms in total. The van der Waals surface area contributed by atoms with Gasteiger partial charge in [0.25, 0.3) is 5.69 Å². The standard InChI is InChI=1S/C20H23N5O2/c1-14-3-8-18-16(13-23-19(18)11-14)9-10-22-20(21-2)24-12-15-4-6-17(7-5-15)25(26)27/h3-8,11,13,23H,9-10,12H2,1-2H3,(H2,21,22,24). The van der Waals surface area contributed by atoms with Crippen molar-refractivity contribution in [2.24, 2.45) is 4.99 Å². The third-order valence-corrected chi connectivity index (χ3v) is 4.44. The third kappa shape index (κ3) is 4.63. The van der Waals surface area contributed by atoms with E-state index in [4.69, 9.17) is 0 Å². The predicted molar refractivity (Wildman–Crippen MR) is 108 cm³/mol. The second kappa shape index (κ2) is 8.35. The molecule has 0 fully saturated rings. The van der Waals surface area contributed by atoms with E-state index in [0.29, 0.717) is 12.5 Å². The van der Waals surface area contributed by atoms with E-state index in [1.807, 2.05) is 0 Å². The molecule has 0 amide bonds. The molecule has 0 aliphatic heterocycles. The van der Waals surface area contributed by atoms with E-state index in [9.17, 15) is 10.1 Å². The van der Waals surface area contributed by atoms with Gasteiger partial charge >= 0.3 is 0 Å². The quantitative estimate of drug-likeness (QED) is 0.270. The fourth-order valence-electron chi connectivity index (χ4n) is 2.96. The summed E-state index contributed by atoms with van der Waals surface area (Å²) in [6, 6.07) is 12.9. The van der Waals surface area contributed by atoms with Gasteiger partial charge in [-0.15, -0.1) is 0 Å². The number of aryl methyl sites for hydroxylation is 1. The van der Waals surface area contributed by atoms with Crippen LogP contribution in [0.5, 0.6) is 0 Å². The van der Waals surface area contributed by atoms with Gasteiger partial charge < -0.3 is 15.6 Å². The fourth-order valence-corrected chi connectivity index (χ4v) is 2.96. The SMILES string of the molecule is CN=C(NCCc1c[nH]c2cc(C)ccc12)NCc1ccc([N+](=O)[O-])cc1. The average Bonchev–Trinajstić information content (AvgIpc) is 3.06. The predicted octanol–water partition coefficient (Wildman–Crippen LogP) is 3.29. The Bertz CT molecular complexity index is 960. The number of fused-ring (bicyclic) bond motifs is 1. The molecule has 0 saturated heterocycles. The first-order valence-electron chi connectivity index (χ1n) is 8.81. The van der Waals surface area contributed by atoms with Crippen LogP contribution in [0.25, 0.3) is 10.9 Å². The number of non-ortho nitro benzene ring substituents is 1. The molecule has 0 radical (unpaired) electrons. The van der Waals surface area contributed by atoms with Crippen LogP contribution in [-0.4, -0.2) is 29.5 Å². The highest BCUT2D eigenvalue weighted by molar-refractivity contribution is 5.84. The van der Waals surface area contributed by atoms with Gasteiger partial charge in [0.2, 0.25) is 0 Å². The van der Waals surface area contributed by atoms with Gasteiger partial charge in [-0.1, -0.05) is 24.3 Å². The summed E-state index contributed by atoms with van der Waals surface area (Å²) in [6.07, 6.45) is 2.93. The number of nitrogens with zero attached hydrogens (tertiary/aromatic N) is 2. The van der Waals surface area contributed by atoms with Crippen LogP contribution in [0.1, 0.15) is 16.7 Å². The minimum Gasteiger partial charge on any atom is -0.361 e. The molecule has 3 N–H and O–H groups in total. The van der Waals surface area contributed by atoms with Gasteiger partial charge in [-0.2, -0.15) is 0 Å². The first-order valence-corrected chi connectivity index (χ1v) is 8.81. The van der Waals surface area contributed by atoms with Crippen LogP contribution in [0.4, 0.5) is 5.69 Å². The molecule has 0 aliphatic carbocycles. The number of nitrogens with one attached hydrogen (secondary N) is 3.